The van der Waals surface area contributed by atoms with E-state index in [9.17, 15) is 9.90 Å². The summed E-state index contributed by atoms with van der Waals surface area (Å²) in [4.78, 5) is 11.2. The predicted octanol–water partition coefficient (Wildman–Crippen LogP) is 1.56. The van der Waals surface area contributed by atoms with E-state index in [1.807, 2.05) is 20.8 Å². The summed E-state index contributed by atoms with van der Waals surface area (Å²) in [5, 5.41) is 13.5. The van der Waals surface area contributed by atoms with Crippen molar-refractivity contribution in [3.8, 4) is 5.88 Å². The van der Waals surface area contributed by atoms with Crippen LogP contribution in [0.3, 0.4) is 0 Å². The Hall–Kier alpha value is -1.52. The third-order valence-electron chi connectivity index (χ3n) is 3.81. The maximum absolute atomic E-state index is 11.2. The first kappa shape index (κ1) is 12.0. The molecule has 1 aliphatic carbocycles. The van der Waals surface area contributed by atoms with Crippen LogP contribution in [0.4, 0.5) is 0 Å². The first-order valence-electron chi connectivity index (χ1n) is 5.62. The van der Waals surface area contributed by atoms with Gasteiger partial charge in [-0.3, -0.25) is 4.79 Å². The summed E-state index contributed by atoms with van der Waals surface area (Å²) in [5.74, 6) is -0.433. The fourth-order valence-electron chi connectivity index (χ4n) is 2.89. The number of aryl methyl sites for hydroxylation is 2. The molecule has 0 unspecified atom stereocenters. The van der Waals surface area contributed by atoms with Crippen LogP contribution in [0.15, 0.2) is 0 Å². The van der Waals surface area contributed by atoms with Crippen LogP contribution in [0.2, 0.25) is 0 Å². The number of aliphatic carboxylic acids is 1. The standard InChI is InChI=1S/C12H18N2O3/c1-6-7(10(17-5)14(4)13-6)8-9(11(15)16)12(8,2)3/h8-9H,1-5H3,(H,15,16)/t8-,9+/m0/s1. The highest BCUT2D eigenvalue weighted by Gasteiger charge is 2.64. The van der Waals surface area contributed by atoms with Gasteiger partial charge in [-0.1, -0.05) is 13.8 Å². The van der Waals surface area contributed by atoms with Crippen LogP contribution in [0, 0.1) is 18.3 Å². The predicted molar refractivity (Wildman–Crippen MR) is 62.1 cm³/mol. The number of hydrogen-bond donors (Lipinski definition) is 1. The van der Waals surface area contributed by atoms with Crippen LogP contribution >= 0.6 is 0 Å². The molecule has 1 heterocycles. The second-order valence-electron chi connectivity index (χ2n) is 5.25. The summed E-state index contributed by atoms with van der Waals surface area (Å²) >= 11 is 0. The molecule has 5 nitrogen and oxygen atoms in total. The molecular weight excluding hydrogens is 220 g/mol. The number of carboxylic acids is 1. The van der Waals surface area contributed by atoms with Crippen LogP contribution in [0.1, 0.15) is 31.0 Å². The topological polar surface area (TPSA) is 64.3 Å². The number of methoxy groups -OCH3 is 1. The molecule has 0 radical (unpaired) electrons. The van der Waals surface area contributed by atoms with Gasteiger partial charge in [0, 0.05) is 18.5 Å². The first-order chi connectivity index (χ1) is 7.82. The summed E-state index contributed by atoms with van der Waals surface area (Å²) < 4.78 is 6.99. The van der Waals surface area contributed by atoms with Gasteiger partial charge in [0.2, 0.25) is 5.88 Å². The molecule has 0 spiro atoms. The van der Waals surface area contributed by atoms with Crippen LogP contribution < -0.4 is 4.74 Å². The maximum Gasteiger partial charge on any atom is 0.307 e. The van der Waals surface area contributed by atoms with Crippen molar-refractivity contribution in [2.24, 2.45) is 18.4 Å². The summed E-state index contributed by atoms with van der Waals surface area (Å²) in [6.45, 7) is 5.84. The van der Waals surface area contributed by atoms with Gasteiger partial charge in [-0.2, -0.15) is 5.10 Å². The smallest absolute Gasteiger partial charge is 0.307 e. The SMILES string of the molecule is COc1c([C@H]2[C@H](C(=O)O)C2(C)C)c(C)nn1C. The summed E-state index contributed by atoms with van der Waals surface area (Å²) in [5.41, 5.74) is 1.56. The molecule has 0 aliphatic heterocycles. The van der Waals surface area contributed by atoms with Gasteiger partial charge < -0.3 is 9.84 Å². The zero-order chi connectivity index (χ0) is 13.0. The van der Waals surface area contributed by atoms with Crippen LogP contribution in [0.5, 0.6) is 5.88 Å². The fourth-order valence-corrected chi connectivity index (χ4v) is 2.89. The Kier molecular flexibility index (Phi) is 2.45. The molecule has 2 atom stereocenters. The third-order valence-corrected chi connectivity index (χ3v) is 3.81. The van der Waals surface area contributed by atoms with E-state index < -0.39 is 5.97 Å². The molecule has 0 amide bonds. The highest BCUT2D eigenvalue weighted by Crippen LogP contribution is 2.66. The molecule has 0 aromatic carbocycles. The van der Waals surface area contributed by atoms with Crippen molar-refractivity contribution in [1.29, 1.82) is 0 Å². The van der Waals surface area contributed by atoms with E-state index in [1.54, 1.807) is 18.8 Å². The molecule has 2 rings (SSSR count). The van der Waals surface area contributed by atoms with Gasteiger partial charge in [-0.15, -0.1) is 0 Å². The highest BCUT2D eigenvalue weighted by atomic mass is 16.5. The maximum atomic E-state index is 11.2. The van der Waals surface area contributed by atoms with Crippen molar-refractivity contribution in [3.63, 3.8) is 0 Å². The number of nitrogens with zero attached hydrogens (tertiary/aromatic N) is 2. The Labute approximate surface area is 100 Å². The average Bonchev–Trinajstić information content (AvgIpc) is 2.63. The number of carbonyl (C=O) groups is 1. The number of hydrogen-bond acceptors (Lipinski definition) is 3. The van der Waals surface area contributed by atoms with E-state index in [4.69, 9.17) is 4.74 Å². The minimum Gasteiger partial charge on any atom is -0.481 e. The van der Waals surface area contributed by atoms with E-state index in [-0.39, 0.29) is 17.3 Å². The molecule has 0 bridgehead atoms. The second-order valence-corrected chi connectivity index (χ2v) is 5.25. The molecule has 5 heteroatoms. The highest BCUT2D eigenvalue weighted by molar-refractivity contribution is 5.78. The lowest BCUT2D eigenvalue weighted by atomic mass is 10.0. The molecule has 1 saturated carbocycles. The molecule has 1 aromatic rings. The van der Waals surface area contributed by atoms with Crippen LogP contribution in [-0.2, 0) is 11.8 Å². The normalized spacial score (nSPS) is 25.7. The van der Waals surface area contributed by atoms with Crippen molar-refractivity contribution in [2.45, 2.75) is 26.7 Å². The quantitative estimate of drug-likeness (QED) is 0.868. The Morgan fingerprint density at radius 1 is 1.53 bits per heavy atom. The zero-order valence-electron chi connectivity index (χ0n) is 10.8. The number of rotatable bonds is 3. The van der Waals surface area contributed by atoms with Gasteiger partial charge in [-0.25, -0.2) is 4.68 Å². The molecule has 17 heavy (non-hydrogen) atoms. The summed E-state index contributed by atoms with van der Waals surface area (Å²) in [7, 11) is 3.39. The van der Waals surface area contributed by atoms with Crippen molar-refractivity contribution in [1.82, 2.24) is 9.78 Å². The molecule has 1 fully saturated rings. The monoisotopic (exact) mass is 238 g/mol. The van der Waals surface area contributed by atoms with E-state index in [1.165, 1.54) is 0 Å². The lowest BCUT2D eigenvalue weighted by Crippen LogP contribution is -2.03. The van der Waals surface area contributed by atoms with E-state index >= 15 is 0 Å². The Morgan fingerprint density at radius 3 is 2.53 bits per heavy atom. The Balaban J connectivity index is 2.46. The molecule has 1 aliphatic rings. The van der Waals surface area contributed by atoms with E-state index in [0.29, 0.717) is 5.88 Å². The number of ether oxygens (including phenoxy) is 1. The molecular formula is C12H18N2O3. The van der Waals surface area contributed by atoms with Crippen LogP contribution in [0.25, 0.3) is 0 Å². The average molecular weight is 238 g/mol. The van der Waals surface area contributed by atoms with Crippen molar-refractivity contribution in [3.05, 3.63) is 11.3 Å². The van der Waals surface area contributed by atoms with Gasteiger partial charge in [0.25, 0.3) is 0 Å². The van der Waals surface area contributed by atoms with Crippen molar-refractivity contribution < 1.29 is 14.6 Å². The van der Waals surface area contributed by atoms with Gasteiger partial charge >= 0.3 is 5.97 Å². The lowest BCUT2D eigenvalue weighted by Gasteiger charge is -2.05. The summed E-state index contributed by atoms with van der Waals surface area (Å²) in [6.07, 6.45) is 0. The number of aromatic nitrogens is 2. The van der Waals surface area contributed by atoms with E-state index in [0.717, 1.165) is 11.3 Å². The largest absolute Gasteiger partial charge is 0.481 e. The Bertz CT molecular complexity index is 476. The van der Waals surface area contributed by atoms with Gasteiger partial charge in [0.15, 0.2) is 0 Å². The van der Waals surface area contributed by atoms with Crippen molar-refractivity contribution >= 4 is 5.97 Å². The zero-order valence-corrected chi connectivity index (χ0v) is 10.8. The minimum atomic E-state index is -0.745. The molecule has 1 aromatic heterocycles. The van der Waals surface area contributed by atoms with Gasteiger partial charge in [-0.05, 0) is 12.3 Å². The molecule has 94 valence electrons. The second kappa shape index (κ2) is 3.48. The third kappa shape index (κ3) is 1.52. The number of carboxylic acid groups (broad SMARTS) is 1. The molecule has 0 saturated heterocycles. The first-order valence-corrected chi connectivity index (χ1v) is 5.62. The lowest BCUT2D eigenvalue weighted by molar-refractivity contribution is -0.139. The minimum absolute atomic E-state index is 0.0105. The van der Waals surface area contributed by atoms with Gasteiger partial charge in [0.05, 0.1) is 18.7 Å². The summed E-state index contributed by atoms with van der Waals surface area (Å²) in [6, 6.07) is 0. The molecule has 1 N–H and O–H groups in total. The van der Waals surface area contributed by atoms with Gasteiger partial charge in [0.1, 0.15) is 0 Å². The van der Waals surface area contributed by atoms with Crippen LogP contribution in [-0.4, -0.2) is 28.0 Å². The van der Waals surface area contributed by atoms with E-state index in [2.05, 4.69) is 5.10 Å². The van der Waals surface area contributed by atoms with Crippen molar-refractivity contribution in [2.75, 3.05) is 7.11 Å². The fraction of sp³-hybridized carbons (Fsp3) is 0.667. The Morgan fingerprint density at radius 2 is 2.12 bits per heavy atom.